The first-order valence-electron chi connectivity index (χ1n) is 7.38. The van der Waals surface area contributed by atoms with Crippen molar-refractivity contribution in [1.29, 1.82) is 0 Å². The number of hydrazine groups is 1. The zero-order chi connectivity index (χ0) is 16.8. The van der Waals surface area contributed by atoms with Gasteiger partial charge in [0.15, 0.2) is 5.78 Å². The van der Waals surface area contributed by atoms with Crippen LogP contribution >= 0.6 is 0 Å². The summed E-state index contributed by atoms with van der Waals surface area (Å²) in [5, 5.41) is 1.67. The number of carbonyl (C=O) groups is 3. The average Bonchev–Trinajstić information content (AvgIpc) is 2.64. The summed E-state index contributed by atoms with van der Waals surface area (Å²) in [5.74, 6) is 4.28. The molecule has 0 aliphatic carbocycles. The van der Waals surface area contributed by atoms with Gasteiger partial charge in [0.25, 0.3) is 11.8 Å². The molecule has 4 rings (SSSR count). The van der Waals surface area contributed by atoms with E-state index in [2.05, 4.69) is 0 Å². The zero-order valence-electron chi connectivity index (χ0n) is 12.5. The maximum Gasteiger partial charge on any atom is 0.275 e. The number of hydrogen-bond acceptors (Lipinski definition) is 4. The van der Waals surface area contributed by atoms with Gasteiger partial charge in [-0.3, -0.25) is 14.4 Å². The molecule has 0 bridgehead atoms. The Bertz CT molecular complexity index is 1000. The van der Waals surface area contributed by atoms with Gasteiger partial charge in [-0.1, -0.05) is 42.5 Å². The molecule has 0 saturated carbocycles. The van der Waals surface area contributed by atoms with Crippen molar-refractivity contribution in [2.45, 2.75) is 0 Å². The highest BCUT2D eigenvalue weighted by atomic mass is 16.2. The molecule has 24 heavy (non-hydrogen) atoms. The van der Waals surface area contributed by atoms with Crippen molar-refractivity contribution in [2.75, 3.05) is 0 Å². The van der Waals surface area contributed by atoms with Crippen molar-refractivity contribution in [2.24, 2.45) is 5.84 Å². The zero-order valence-corrected chi connectivity index (χ0v) is 12.5. The second kappa shape index (κ2) is 5.11. The minimum Gasteiger partial charge on any atom is -0.289 e. The molecule has 2 amide bonds. The lowest BCUT2D eigenvalue weighted by atomic mass is 9.89. The maximum atomic E-state index is 12.8. The monoisotopic (exact) mass is 316 g/mol. The van der Waals surface area contributed by atoms with Crippen molar-refractivity contribution in [3.63, 3.8) is 0 Å². The summed E-state index contributed by atoms with van der Waals surface area (Å²) in [4.78, 5) is 37.3. The number of nitrogens with two attached hydrogens (primary N) is 1. The molecule has 3 aromatic rings. The normalized spacial score (nSPS) is 13.5. The second-order valence-electron chi connectivity index (χ2n) is 5.56. The standard InChI is InChI=1S/C19H12N2O3/c20-21-18(23)14-8-4-7-12-13(9-10-15(16(12)14)19(21)24)17(22)11-5-2-1-3-6-11/h1-10H,20H2. The van der Waals surface area contributed by atoms with E-state index >= 15 is 0 Å². The Morgan fingerprint density at radius 1 is 0.792 bits per heavy atom. The first kappa shape index (κ1) is 14.3. The molecule has 0 aromatic heterocycles. The Hall–Kier alpha value is -3.31. The highest BCUT2D eigenvalue weighted by Gasteiger charge is 2.32. The number of hydrogen-bond donors (Lipinski definition) is 1. The molecule has 0 saturated heterocycles. The number of carbonyl (C=O) groups excluding carboxylic acids is 3. The van der Waals surface area contributed by atoms with Gasteiger partial charge < -0.3 is 0 Å². The van der Waals surface area contributed by atoms with E-state index in [1.807, 2.05) is 6.07 Å². The van der Waals surface area contributed by atoms with Gasteiger partial charge in [-0.15, -0.1) is 0 Å². The molecule has 5 nitrogen and oxygen atoms in total. The Labute approximate surface area is 137 Å². The lowest BCUT2D eigenvalue weighted by Gasteiger charge is -2.23. The van der Waals surface area contributed by atoms with E-state index in [9.17, 15) is 14.4 Å². The van der Waals surface area contributed by atoms with Gasteiger partial charge in [0.2, 0.25) is 0 Å². The topological polar surface area (TPSA) is 80.5 Å². The van der Waals surface area contributed by atoms with Crippen LogP contribution in [0.15, 0.2) is 60.7 Å². The molecule has 3 aromatic carbocycles. The van der Waals surface area contributed by atoms with Crippen LogP contribution in [0.3, 0.4) is 0 Å². The molecular formula is C19H12N2O3. The number of imide groups is 1. The molecule has 0 radical (unpaired) electrons. The van der Waals surface area contributed by atoms with Crippen LogP contribution in [-0.2, 0) is 0 Å². The summed E-state index contributed by atoms with van der Waals surface area (Å²) >= 11 is 0. The summed E-state index contributed by atoms with van der Waals surface area (Å²) in [6, 6.07) is 17.1. The first-order valence-corrected chi connectivity index (χ1v) is 7.38. The minimum atomic E-state index is -0.567. The summed E-state index contributed by atoms with van der Waals surface area (Å²) in [6.45, 7) is 0. The summed E-state index contributed by atoms with van der Waals surface area (Å²) in [6.07, 6.45) is 0. The maximum absolute atomic E-state index is 12.8. The summed E-state index contributed by atoms with van der Waals surface area (Å²) < 4.78 is 0. The molecule has 2 N–H and O–H groups in total. The molecular weight excluding hydrogens is 304 g/mol. The van der Waals surface area contributed by atoms with Crippen molar-refractivity contribution < 1.29 is 14.4 Å². The SMILES string of the molecule is NN1C(=O)c2cccc3c(C(=O)c4ccccc4)ccc(c23)C1=O. The predicted molar refractivity (Wildman–Crippen MR) is 88.5 cm³/mol. The first-order chi connectivity index (χ1) is 11.6. The third kappa shape index (κ3) is 1.89. The molecule has 0 fully saturated rings. The van der Waals surface area contributed by atoms with Crippen LogP contribution in [0.25, 0.3) is 10.8 Å². The summed E-state index contributed by atoms with van der Waals surface area (Å²) in [5.41, 5.74) is 1.65. The van der Waals surface area contributed by atoms with Crippen LogP contribution < -0.4 is 5.84 Å². The molecule has 1 heterocycles. The molecule has 1 aliphatic rings. The van der Waals surface area contributed by atoms with E-state index in [1.54, 1.807) is 54.6 Å². The van der Waals surface area contributed by atoms with Crippen LogP contribution in [0.5, 0.6) is 0 Å². The van der Waals surface area contributed by atoms with Crippen LogP contribution in [0.4, 0.5) is 0 Å². The number of benzene rings is 3. The number of amides is 2. The van der Waals surface area contributed by atoms with Gasteiger partial charge in [-0.05, 0) is 23.6 Å². The van der Waals surface area contributed by atoms with Crippen LogP contribution in [-0.4, -0.2) is 22.6 Å². The average molecular weight is 316 g/mol. The molecule has 0 unspecified atom stereocenters. The Balaban J connectivity index is 2.01. The van der Waals surface area contributed by atoms with E-state index in [0.717, 1.165) is 0 Å². The lowest BCUT2D eigenvalue weighted by Crippen LogP contribution is -2.45. The van der Waals surface area contributed by atoms with E-state index in [0.29, 0.717) is 38.0 Å². The van der Waals surface area contributed by atoms with Gasteiger partial charge >= 0.3 is 0 Å². The van der Waals surface area contributed by atoms with E-state index in [1.165, 1.54) is 0 Å². The fourth-order valence-corrected chi connectivity index (χ4v) is 3.06. The van der Waals surface area contributed by atoms with Gasteiger partial charge in [0.1, 0.15) is 0 Å². The molecule has 0 atom stereocenters. The molecule has 1 aliphatic heterocycles. The molecule has 5 heteroatoms. The highest BCUT2D eigenvalue weighted by Crippen LogP contribution is 2.32. The van der Waals surface area contributed by atoms with Gasteiger partial charge in [0, 0.05) is 16.5 Å². The third-order valence-electron chi connectivity index (χ3n) is 4.22. The lowest BCUT2D eigenvalue weighted by molar-refractivity contribution is 0.0609. The fraction of sp³-hybridized carbons (Fsp3) is 0. The van der Waals surface area contributed by atoms with Gasteiger partial charge in [-0.2, -0.15) is 0 Å². The third-order valence-corrected chi connectivity index (χ3v) is 4.22. The van der Waals surface area contributed by atoms with Crippen LogP contribution in [0.2, 0.25) is 0 Å². The van der Waals surface area contributed by atoms with Crippen LogP contribution in [0.1, 0.15) is 36.6 Å². The molecule has 116 valence electrons. The second-order valence-corrected chi connectivity index (χ2v) is 5.56. The Kier molecular flexibility index (Phi) is 3.04. The fourth-order valence-electron chi connectivity index (χ4n) is 3.06. The predicted octanol–water partition coefficient (Wildman–Crippen LogP) is 2.54. The van der Waals surface area contributed by atoms with Crippen molar-refractivity contribution in [1.82, 2.24) is 5.01 Å². The number of rotatable bonds is 2. The van der Waals surface area contributed by atoms with E-state index in [4.69, 9.17) is 5.84 Å². The van der Waals surface area contributed by atoms with Crippen LogP contribution in [0, 0.1) is 0 Å². The quantitative estimate of drug-likeness (QED) is 0.341. The summed E-state index contributed by atoms with van der Waals surface area (Å²) in [7, 11) is 0. The highest BCUT2D eigenvalue weighted by molar-refractivity contribution is 6.28. The van der Waals surface area contributed by atoms with Crippen molar-refractivity contribution in [3.05, 3.63) is 82.9 Å². The van der Waals surface area contributed by atoms with E-state index in [-0.39, 0.29) is 5.78 Å². The number of nitrogens with zero attached hydrogens (tertiary/aromatic N) is 1. The Morgan fingerprint density at radius 3 is 2.17 bits per heavy atom. The van der Waals surface area contributed by atoms with Crippen molar-refractivity contribution in [3.8, 4) is 0 Å². The molecule has 0 spiro atoms. The smallest absolute Gasteiger partial charge is 0.275 e. The largest absolute Gasteiger partial charge is 0.289 e. The Morgan fingerprint density at radius 2 is 1.46 bits per heavy atom. The number of ketones is 1. The van der Waals surface area contributed by atoms with Gasteiger partial charge in [0.05, 0.1) is 11.1 Å². The van der Waals surface area contributed by atoms with Crippen molar-refractivity contribution >= 4 is 28.4 Å². The van der Waals surface area contributed by atoms with Gasteiger partial charge in [-0.25, -0.2) is 10.9 Å². The minimum absolute atomic E-state index is 0.158. The van der Waals surface area contributed by atoms with E-state index < -0.39 is 11.8 Å².